The monoisotopic (exact) mass is 262 g/mol. The highest BCUT2D eigenvalue weighted by molar-refractivity contribution is 5.44. The van der Waals surface area contributed by atoms with Crippen LogP contribution in [-0.4, -0.2) is 18.3 Å². The van der Waals surface area contributed by atoms with Gasteiger partial charge in [0, 0.05) is 0 Å². The Kier molecular flexibility index (Phi) is 3.65. The van der Waals surface area contributed by atoms with Crippen LogP contribution < -0.4 is 9.47 Å². The molecule has 0 bridgehead atoms. The van der Waals surface area contributed by atoms with E-state index in [2.05, 4.69) is 6.92 Å². The summed E-state index contributed by atoms with van der Waals surface area (Å²) in [6, 6.07) is 5.83. The van der Waals surface area contributed by atoms with Crippen LogP contribution in [-0.2, 0) is 0 Å². The number of hydrogen-bond acceptors (Lipinski definition) is 3. The molecule has 0 radical (unpaired) electrons. The molecule has 0 spiro atoms. The Bertz CT molecular complexity index is 444. The Labute approximate surface area is 114 Å². The van der Waals surface area contributed by atoms with Gasteiger partial charge in [-0.05, 0) is 42.4 Å². The van der Waals surface area contributed by atoms with Gasteiger partial charge in [0.05, 0.1) is 6.10 Å². The first kappa shape index (κ1) is 12.8. The quantitative estimate of drug-likeness (QED) is 0.888. The van der Waals surface area contributed by atoms with Crippen LogP contribution in [0.3, 0.4) is 0 Å². The highest BCUT2D eigenvalue weighted by Crippen LogP contribution is 2.39. The summed E-state index contributed by atoms with van der Waals surface area (Å²) in [7, 11) is 0. The Morgan fingerprint density at radius 1 is 1.16 bits per heavy atom. The third kappa shape index (κ3) is 2.71. The van der Waals surface area contributed by atoms with Crippen molar-refractivity contribution in [3.8, 4) is 11.5 Å². The molecule has 0 aromatic heterocycles. The maximum Gasteiger partial charge on any atom is 0.161 e. The van der Waals surface area contributed by atoms with Crippen molar-refractivity contribution >= 4 is 0 Å². The third-order valence-electron chi connectivity index (χ3n) is 4.33. The molecule has 1 aliphatic carbocycles. The molecule has 1 N–H and O–H groups in total. The van der Waals surface area contributed by atoms with Gasteiger partial charge in [0.2, 0.25) is 0 Å². The number of aliphatic hydroxyl groups is 1. The van der Waals surface area contributed by atoms with E-state index in [1.807, 2.05) is 18.2 Å². The fourth-order valence-electron chi connectivity index (χ4n) is 3.28. The van der Waals surface area contributed by atoms with E-state index in [0.717, 1.165) is 35.8 Å². The minimum Gasteiger partial charge on any atom is -0.486 e. The Hall–Kier alpha value is -1.22. The number of fused-ring (bicyclic) bond motifs is 1. The van der Waals surface area contributed by atoms with Gasteiger partial charge in [0.25, 0.3) is 0 Å². The van der Waals surface area contributed by atoms with E-state index in [1.54, 1.807) is 0 Å². The second-order valence-corrected chi connectivity index (χ2v) is 5.88. The molecule has 3 rings (SSSR count). The molecular formula is C16H22O3. The summed E-state index contributed by atoms with van der Waals surface area (Å²) < 4.78 is 11.1. The summed E-state index contributed by atoms with van der Waals surface area (Å²) in [5, 5.41) is 10.6. The second kappa shape index (κ2) is 5.41. The normalized spacial score (nSPS) is 27.9. The number of hydrogen-bond donors (Lipinski definition) is 1. The van der Waals surface area contributed by atoms with Crippen molar-refractivity contribution < 1.29 is 14.6 Å². The van der Waals surface area contributed by atoms with Gasteiger partial charge in [-0.25, -0.2) is 0 Å². The van der Waals surface area contributed by atoms with Crippen LogP contribution in [0.15, 0.2) is 18.2 Å². The minimum atomic E-state index is -0.376. The van der Waals surface area contributed by atoms with Crippen molar-refractivity contribution in [1.82, 2.24) is 0 Å². The van der Waals surface area contributed by atoms with Gasteiger partial charge in [0.15, 0.2) is 11.5 Å². The van der Waals surface area contributed by atoms with Crippen molar-refractivity contribution in [1.29, 1.82) is 0 Å². The highest BCUT2D eigenvalue weighted by atomic mass is 16.6. The Morgan fingerprint density at radius 3 is 2.74 bits per heavy atom. The van der Waals surface area contributed by atoms with E-state index in [-0.39, 0.29) is 6.10 Å². The lowest BCUT2D eigenvalue weighted by Crippen LogP contribution is -2.21. The zero-order valence-corrected chi connectivity index (χ0v) is 11.5. The first-order valence-corrected chi connectivity index (χ1v) is 7.31. The van der Waals surface area contributed by atoms with E-state index in [0.29, 0.717) is 19.1 Å². The zero-order chi connectivity index (χ0) is 13.2. The van der Waals surface area contributed by atoms with Crippen molar-refractivity contribution in [3.05, 3.63) is 23.8 Å². The molecule has 2 aliphatic rings. The molecule has 1 saturated carbocycles. The van der Waals surface area contributed by atoms with Crippen LogP contribution in [0, 0.1) is 11.8 Å². The van der Waals surface area contributed by atoms with Crippen LogP contribution in [0.5, 0.6) is 11.5 Å². The van der Waals surface area contributed by atoms with Crippen LogP contribution in [0.2, 0.25) is 0 Å². The average molecular weight is 262 g/mol. The summed E-state index contributed by atoms with van der Waals surface area (Å²) in [4.78, 5) is 0. The molecule has 3 heteroatoms. The van der Waals surface area contributed by atoms with Crippen molar-refractivity contribution in [3.63, 3.8) is 0 Å². The highest BCUT2D eigenvalue weighted by Gasteiger charge is 2.27. The van der Waals surface area contributed by atoms with E-state index in [9.17, 15) is 5.11 Å². The molecule has 1 heterocycles. The fourth-order valence-corrected chi connectivity index (χ4v) is 3.28. The number of rotatable bonds is 2. The lowest BCUT2D eigenvalue weighted by atomic mass is 9.78. The SMILES string of the molecule is CC1CCCC(C(O)c2ccc3c(c2)OCCO3)C1. The molecule has 1 aliphatic heterocycles. The molecular weight excluding hydrogens is 240 g/mol. The molecule has 0 amide bonds. The number of aliphatic hydroxyl groups excluding tert-OH is 1. The summed E-state index contributed by atoms with van der Waals surface area (Å²) in [5.41, 5.74) is 0.961. The maximum atomic E-state index is 10.6. The van der Waals surface area contributed by atoms with Gasteiger partial charge in [-0.15, -0.1) is 0 Å². The molecule has 19 heavy (non-hydrogen) atoms. The number of benzene rings is 1. The zero-order valence-electron chi connectivity index (χ0n) is 11.5. The van der Waals surface area contributed by atoms with Gasteiger partial charge in [-0.2, -0.15) is 0 Å². The van der Waals surface area contributed by atoms with Gasteiger partial charge in [-0.1, -0.05) is 25.8 Å². The Morgan fingerprint density at radius 2 is 1.95 bits per heavy atom. The van der Waals surface area contributed by atoms with Crippen molar-refractivity contribution in [2.75, 3.05) is 13.2 Å². The van der Waals surface area contributed by atoms with E-state index >= 15 is 0 Å². The molecule has 3 nitrogen and oxygen atoms in total. The van der Waals surface area contributed by atoms with Gasteiger partial charge in [-0.3, -0.25) is 0 Å². The molecule has 3 unspecified atom stereocenters. The predicted molar refractivity (Wildman–Crippen MR) is 73.5 cm³/mol. The molecule has 0 saturated heterocycles. The van der Waals surface area contributed by atoms with Crippen molar-refractivity contribution in [2.24, 2.45) is 11.8 Å². The van der Waals surface area contributed by atoms with Crippen LogP contribution in [0.1, 0.15) is 44.3 Å². The first-order valence-electron chi connectivity index (χ1n) is 7.31. The van der Waals surface area contributed by atoms with Crippen LogP contribution >= 0.6 is 0 Å². The lowest BCUT2D eigenvalue weighted by molar-refractivity contribution is 0.0708. The molecule has 1 fully saturated rings. The first-order chi connectivity index (χ1) is 9.24. The minimum absolute atomic E-state index is 0.376. The molecule has 1 aromatic rings. The lowest BCUT2D eigenvalue weighted by Gasteiger charge is -2.31. The van der Waals surface area contributed by atoms with E-state index in [4.69, 9.17) is 9.47 Å². The maximum absolute atomic E-state index is 10.6. The van der Waals surface area contributed by atoms with Gasteiger partial charge >= 0.3 is 0 Å². The predicted octanol–water partition coefficient (Wildman–Crippen LogP) is 3.32. The molecule has 104 valence electrons. The van der Waals surface area contributed by atoms with Gasteiger partial charge in [0.1, 0.15) is 13.2 Å². The summed E-state index contributed by atoms with van der Waals surface area (Å²) in [6.07, 6.45) is 4.39. The largest absolute Gasteiger partial charge is 0.486 e. The third-order valence-corrected chi connectivity index (χ3v) is 4.33. The Balaban J connectivity index is 1.77. The summed E-state index contributed by atoms with van der Waals surface area (Å²) in [5.74, 6) is 2.67. The summed E-state index contributed by atoms with van der Waals surface area (Å²) in [6.45, 7) is 3.48. The molecule has 3 atom stereocenters. The molecule has 1 aromatic carbocycles. The summed E-state index contributed by atoms with van der Waals surface area (Å²) >= 11 is 0. The van der Waals surface area contributed by atoms with Crippen LogP contribution in [0.25, 0.3) is 0 Å². The number of ether oxygens (including phenoxy) is 2. The standard InChI is InChI=1S/C16H22O3/c1-11-3-2-4-12(9-11)16(17)13-5-6-14-15(10-13)19-8-7-18-14/h5-6,10-12,16-17H,2-4,7-9H2,1H3. The smallest absolute Gasteiger partial charge is 0.161 e. The average Bonchev–Trinajstić information content (AvgIpc) is 2.46. The van der Waals surface area contributed by atoms with Crippen LogP contribution in [0.4, 0.5) is 0 Å². The van der Waals surface area contributed by atoms with Crippen molar-refractivity contribution in [2.45, 2.75) is 38.7 Å². The second-order valence-electron chi connectivity index (χ2n) is 5.88. The van der Waals surface area contributed by atoms with E-state index < -0.39 is 0 Å². The topological polar surface area (TPSA) is 38.7 Å². The van der Waals surface area contributed by atoms with Gasteiger partial charge < -0.3 is 14.6 Å². The van der Waals surface area contributed by atoms with E-state index in [1.165, 1.54) is 12.8 Å². The fraction of sp³-hybridized carbons (Fsp3) is 0.625.